The van der Waals surface area contributed by atoms with Gasteiger partial charge in [0.2, 0.25) is 0 Å². The van der Waals surface area contributed by atoms with E-state index in [9.17, 15) is 0 Å². The number of benzene rings is 2. The Bertz CT molecular complexity index is 933. The first kappa shape index (κ1) is 13.8. The lowest BCUT2D eigenvalue weighted by atomic mass is 10.1. The third-order valence-corrected chi connectivity index (χ3v) is 4.13. The van der Waals surface area contributed by atoms with Gasteiger partial charge in [-0.3, -0.25) is 0 Å². The third kappa shape index (κ3) is 2.29. The average molecular weight is 331 g/mol. The standard InChI is InChI=1S/C17H11ClO3S/c18-11-5-10-8-19-9-20-17(10)13(6-11)15-7-16(22)12-3-1-2-4-14(12)21-15/h1-7H,8-9H2. The van der Waals surface area contributed by atoms with Crippen LogP contribution < -0.4 is 4.74 Å². The maximum Gasteiger partial charge on any atom is 0.189 e. The number of fused-ring (bicyclic) bond motifs is 2. The van der Waals surface area contributed by atoms with Crippen LogP contribution in [0, 0.1) is 4.51 Å². The zero-order valence-corrected chi connectivity index (χ0v) is 13.0. The van der Waals surface area contributed by atoms with Crippen molar-refractivity contribution in [2.75, 3.05) is 6.79 Å². The summed E-state index contributed by atoms with van der Waals surface area (Å²) in [5.41, 5.74) is 2.44. The predicted octanol–water partition coefficient (Wildman–Crippen LogP) is 5.35. The number of rotatable bonds is 1. The Morgan fingerprint density at radius 1 is 1.09 bits per heavy atom. The van der Waals surface area contributed by atoms with Gasteiger partial charge in [-0.1, -0.05) is 36.0 Å². The van der Waals surface area contributed by atoms with Gasteiger partial charge < -0.3 is 13.9 Å². The molecule has 1 aliphatic heterocycles. The molecule has 0 atom stereocenters. The van der Waals surface area contributed by atoms with Crippen molar-refractivity contribution < 1.29 is 13.9 Å². The Morgan fingerprint density at radius 2 is 1.95 bits per heavy atom. The van der Waals surface area contributed by atoms with Crippen LogP contribution in [0.3, 0.4) is 0 Å². The molecule has 2 heterocycles. The van der Waals surface area contributed by atoms with Gasteiger partial charge in [0.05, 0.1) is 16.7 Å². The highest BCUT2D eigenvalue weighted by Gasteiger charge is 2.19. The first-order valence-electron chi connectivity index (χ1n) is 6.78. The Balaban J connectivity index is 1.99. The highest BCUT2D eigenvalue weighted by molar-refractivity contribution is 7.71. The molecule has 5 heteroatoms. The third-order valence-electron chi connectivity index (χ3n) is 3.57. The number of halogens is 1. The largest absolute Gasteiger partial charge is 0.466 e. The SMILES string of the molecule is S=c1cc(-c2cc(Cl)cc3c2OCOC3)oc2ccccc12. The molecule has 3 nitrogen and oxygen atoms in total. The second kappa shape index (κ2) is 5.39. The molecule has 0 amide bonds. The molecule has 0 saturated heterocycles. The summed E-state index contributed by atoms with van der Waals surface area (Å²) in [5.74, 6) is 1.38. The van der Waals surface area contributed by atoms with E-state index in [2.05, 4.69) is 0 Å². The van der Waals surface area contributed by atoms with Crippen LogP contribution >= 0.6 is 23.8 Å². The fraction of sp³-hybridized carbons (Fsp3) is 0.118. The Hall–Kier alpha value is -1.88. The van der Waals surface area contributed by atoms with Crippen LogP contribution in [-0.2, 0) is 11.3 Å². The van der Waals surface area contributed by atoms with E-state index < -0.39 is 0 Å². The van der Waals surface area contributed by atoms with Crippen molar-refractivity contribution in [1.29, 1.82) is 0 Å². The van der Waals surface area contributed by atoms with Crippen LogP contribution in [0.15, 0.2) is 46.9 Å². The van der Waals surface area contributed by atoms with E-state index in [0.717, 1.165) is 32.4 Å². The van der Waals surface area contributed by atoms with E-state index in [0.29, 0.717) is 17.4 Å². The molecule has 0 radical (unpaired) electrons. The Labute approximate surface area is 137 Å². The van der Waals surface area contributed by atoms with Crippen LogP contribution in [0.2, 0.25) is 5.02 Å². The summed E-state index contributed by atoms with van der Waals surface area (Å²) in [6.07, 6.45) is 0. The quantitative estimate of drug-likeness (QED) is 0.563. The lowest BCUT2D eigenvalue weighted by molar-refractivity contribution is -0.0159. The predicted molar refractivity (Wildman–Crippen MR) is 87.8 cm³/mol. The Morgan fingerprint density at radius 3 is 2.86 bits per heavy atom. The van der Waals surface area contributed by atoms with Crippen molar-refractivity contribution in [2.24, 2.45) is 0 Å². The molecule has 0 bridgehead atoms. The average Bonchev–Trinajstić information content (AvgIpc) is 2.54. The molecule has 0 aliphatic carbocycles. The minimum Gasteiger partial charge on any atom is -0.466 e. The van der Waals surface area contributed by atoms with Crippen LogP contribution in [-0.4, -0.2) is 6.79 Å². The number of hydrogen-bond donors (Lipinski definition) is 0. The van der Waals surface area contributed by atoms with Crippen molar-refractivity contribution in [3.8, 4) is 17.1 Å². The molecule has 0 spiro atoms. The molecule has 0 N–H and O–H groups in total. The highest BCUT2D eigenvalue weighted by atomic mass is 35.5. The van der Waals surface area contributed by atoms with Gasteiger partial charge in [-0.15, -0.1) is 0 Å². The van der Waals surface area contributed by atoms with Crippen molar-refractivity contribution >= 4 is 34.8 Å². The summed E-state index contributed by atoms with van der Waals surface area (Å²) in [7, 11) is 0. The van der Waals surface area contributed by atoms with Crippen LogP contribution in [0.25, 0.3) is 22.3 Å². The second-order valence-corrected chi connectivity index (χ2v) is 5.90. The van der Waals surface area contributed by atoms with E-state index in [4.69, 9.17) is 37.7 Å². The van der Waals surface area contributed by atoms with Gasteiger partial charge in [0.15, 0.2) is 6.79 Å². The molecule has 4 rings (SSSR count). The molecule has 1 aromatic heterocycles. The van der Waals surface area contributed by atoms with E-state index in [1.165, 1.54) is 0 Å². The minimum atomic E-state index is 0.218. The summed E-state index contributed by atoms with van der Waals surface area (Å²) >= 11 is 11.7. The molecule has 110 valence electrons. The monoisotopic (exact) mass is 330 g/mol. The Kier molecular flexibility index (Phi) is 3.37. The maximum atomic E-state index is 6.21. The molecular formula is C17H11ClO3S. The van der Waals surface area contributed by atoms with Crippen LogP contribution in [0.1, 0.15) is 5.56 Å². The van der Waals surface area contributed by atoms with Crippen molar-refractivity contribution in [3.63, 3.8) is 0 Å². The number of hydrogen-bond acceptors (Lipinski definition) is 4. The minimum absolute atomic E-state index is 0.218. The van der Waals surface area contributed by atoms with Crippen LogP contribution in [0.5, 0.6) is 5.75 Å². The summed E-state index contributed by atoms with van der Waals surface area (Å²) in [4.78, 5) is 0. The molecule has 0 unspecified atom stereocenters. The lowest BCUT2D eigenvalue weighted by Crippen LogP contribution is -2.12. The number of ether oxygens (including phenoxy) is 2. The smallest absolute Gasteiger partial charge is 0.189 e. The van der Waals surface area contributed by atoms with Crippen LogP contribution in [0.4, 0.5) is 0 Å². The fourth-order valence-corrected chi connectivity index (χ4v) is 3.12. The topological polar surface area (TPSA) is 31.6 Å². The van der Waals surface area contributed by atoms with Crippen molar-refractivity contribution in [3.05, 3.63) is 57.6 Å². The molecular weight excluding hydrogens is 320 g/mol. The molecule has 0 saturated carbocycles. The highest BCUT2D eigenvalue weighted by Crippen LogP contribution is 2.39. The fourth-order valence-electron chi connectivity index (χ4n) is 2.60. The zero-order chi connectivity index (χ0) is 15.1. The summed E-state index contributed by atoms with van der Waals surface area (Å²) in [6, 6.07) is 13.2. The first-order valence-corrected chi connectivity index (χ1v) is 7.57. The zero-order valence-electron chi connectivity index (χ0n) is 11.5. The second-order valence-electron chi connectivity index (χ2n) is 5.02. The summed E-state index contributed by atoms with van der Waals surface area (Å²) in [5, 5.41) is 1.53. The van der Waals surface area contributed by atoms with Crippen molar-refractivity contribution in [1.82, 2.24) is 0 Å². The van der Waals surface area contributed by atoms with E-state index in [1.54, 1.807) is 0 Å². The first-order chi connectivity index (χ1) is 10.7. The molecule has 0 fully saturated rings. The van der Waals surface area contributed by atoms with Gasteiger partial charge in [0, 0.05) is 22.0 Å². The summed E-state index contributed by atoms with van der Waals surface area (Å²) < 4.78 is 17.7. The van der Waals surface area contributed by atoms with Gasteiger partial charge in [-0.05, 0) is 24.3 Å². The molecule has 22 heavy (non-hydrogen) atoms. The van der Waals surface area contributed by atoms with E-state index in [1.807, 2.05) is 42.5 Å². The van der Waals surface area contributed by atoms with E-state index >= 15 is 0 Å². The normalized spacial score (nSPS) is 13.7. The molecule has 1 aliphatic rings. The van der Waals surface area contributed by atoms with Gasteiger partial charge >= 0.3 is 0 Å². The van der Waals surface area contributed by atoms with Gasteiger partial charge in [0.25, 0.3) is 0 Å². The van der Waals surface area contributed by atoms with E-state index in [-0.39, 0.29) is 6.79 Å². The maximum absolute atomic E-state index is 6.21. The van der Waals surface area contributed by atoms with Gasteiger partial charge in [0.1, 0.15) is 17.1 Å². The lowest BCUT2D eigenvalue weighted by Gasteiger charge is -2.20. The number of para-hydroxylation sites is 1. The molecule has 2 aromatic carbocycles. The van der Waals surface area contributed by atoms with Gasteiger partial charge in [-0.2, -0.15) is 0 Å². The summed E-state index contributed by atoms with van der Waals surface area (Å²) in [6.45, 7) is 0.688. The van der Waals surface area contributed by atoms with Crippen molar-refractivity contribution in [2.45, 2.75) is 6.61 Å². The molecule has 3 aromatic rings. The van der Waals surface area contributed by atoms with Gasteiger partial charge in [-0.25, -0.2) is 0 Å².